The molecular formula is C17H23NO9. The van der Waals surface area contributed by atoms with Gasteiger partial charge in [-0.1, -0.05) is 5.92 Å². The first-order chi connectivity index (χ1) is 12.6. The van der Waals surface area contributed by atoms with Crippen molar-refractivity contribution >= 4 is 23.8 Å². The van der Waals surface area contributed by atoms with Crippen LogP contribution in [-0.4, -0.2) is 67.7 Å². The molecule has 1 aliphatic heterocycles. The van der Waals surface area contributed by atoms with Gasteiger partial charge < -0.3 is 29.0 Å². The summed E-state index contributed by atoms with van der Waals surface area (Å²) in [6.45, 7) is 4.29. The van der Waals surface area contributed by atoms with Gasteiger partial charge in [0, 0.05) is 27.7 Å². The highest BCUT2D eigenvalue weighted by molar-refractivity contribution is 5.73. The number of ether oxygens (including phenoxy) is 5. The van der Waals surface area contributed by atoms with Crippen LogP contribution in [0.3, 0.4) is 0 Å². The van der Waals surface area contributed by atoms with E-state index in [0.29, 0.717) is 0 Å². The van der Waals surface area contributed by atoms with Gasteiger partial charge in [-0.25, -0.2) is 0 Å². The summed E-state index contributed by atoms with van der Waals surface area (Å²) in [5.74, 6) is -0.158. The zero-order chi connectivity index (χ0) is 20.6. The van der Waals surface area contributed by atoms with E-state index in [0.717, 1.165) is 13.8 Å². The minimum atomic E-state index is -1.16. The summed E-state index contributed by atoms with van der Waals surface area (Å²) in [6.07, 6.45) is 0.717. The van der Waals surface area contributed by atoms with Gasteiger partial charge in [0.1, 0.15) is 25.4 Å². The molecule has 150 valence electrons. The third-order valence-corrected chi connectivity index (χ3v) is 3.40. The molecule has 1 rings (SSSR count). The first-order valence-electron chi connectivity index (χ1n) is 8.11. The van der Waals surface area contributed by atoms with Gasteiger partial charge in [-0.3, -0.25) is 19.2 Å². The van der Waals surface area contributed by atoms with E-state index in [9.17, 15) is 19.2 Å². The second-order valence-corrected chi connectivity index (χ2v) is 5.74. The SMILES string of the molecule is C#CCO[C@H]1O[C@H](COC(C)=O)[C@@H](OC(C)=O)[C@H](OC(C)=O)[C@@H]1NC(C)=O. The molecule has 10 nitrogen and oxygen atoms in total. The topological polar surface area (TPSA) is 126 Å². The van der Waals surface area contributed by atoms with Crippen LogP contribution < -0.4 is 5.32 Å². The number of esters is 3. The van der Waals surface area contributed by atoms with E-state index in [1.807, 2.05) is 0 Å². The summed E-state index contributed by atoms with van der Waals surface area (Å²) >= 11 is 0. The van der Waals surface area contributed by atoms with Gasteiger partial charge in [-0.2, -0.15) is 0 Å². The highest BCUT2D eigenvalue weighted by Crippen LogP contribution is 2.27. The van der Waals surface area contributed by atoms with Crippen molar-refractivity contribution in [3.63, 3.8) is 0 Å². The van der Waals surface area contributed by atoms with Crippen molar-refractivity contribution in [2.45, 2.75) is 58.3 Å². The van der Waals surface area contributed by atoms with Crippen molar-refractivity contribution in [3.05, 3.63) is 0 Å². The van der Waals surface area contributed by atoms with E-state index in [-0.39, 0.29) is 13.2 Å². The summed E-state index contributed by atoms with van der Waals surface area (Å²) in [7, 11) is 0. The number of carbonyl (C=O) groups is 4. The Hall–Kier alpha value is -2.64. The van der Waals surface area contributed by atoms with Crippen LogP contribution in [0.15, 0.2) is 0 Å². The van der Waals surface area contributed by atoms with Crippen molar-refractivity contribution in [3.8, 4) is 12.3 Å². The Morgan fingerprint density at radius 2 is 1.59 bits per heavy atom. The Bertz CT molecular complexity index is 612. The molecule has 0 unspecified atom stereocenters. The van der Waals surface area contributed by atoms with Crippen LogP contribution in [0, 0.1) is 12.3 Å². The first-order valence-corrected chi connectivity index (χ1v) is 8.11. The van der Waals surface area contributed by atoms with Gasteiger partial charge in [0.15, 0.2) is 18.5 Å². The van der Waals surface area contributed by atoms with E-state index < -0.39 is 54.5 Å². The molecule has 1 amide bonds. The molecule has 0 radical (unpaired) electrons. The maximum Gasteiger partial charge on any atom is 0.303 e. The van der Waals surface area contributed by atoms with E-state index in [1.165, 1.54) is 13.8 Å². The molecule has 5 atom stereocenters. The summed E-state index contributed by atoms with van der Waals surface area (Å²) in [6, 6.07) is -1.02. The molecule has 0 saturated carbocycles. The fraction of sp³-hybridized carbons (Fsp3) is 0.647. The van der Waals surface area contributed by atoms with Crippen LogP contribution in [-0.2, 0) is 42.9 Å². The molecule has 27 heavy (non-hydrogen) atoms. The average Bonchev–Trinajstić information content (AvgIpc) is 2.54. The van der Waals surface area contributed by atoms with Crippen molar-refractivity contribution < 1.29 is 42.9 Å². The molecule has 0 aliphatic carbocycles. The quantitative estimate of drug-likeness (QED) is 0.343. The number of rotatable bonds is 7. The zero-order valence-corrected chi connectivity index (χ0v) is 15.6. The Kier molecular flexibility index (Phi) is 8.71. The van der Waals surface area contributed by atoms with Crippen molar-refractivity contribution in [2.24, 2.45) is 0 Å². The molecular weight excluding hydrogens is 362 g/mol. The molecule has 0 aromatic heterocycles. The molecule has 0 aromatic rings. The number of nitrogens with one attached hydrogen (secondary N) is 1. The lowest BCUT2D eigenvalue weighted by molar-refractivity contribution is -0.274. The van der Waals surface area contributed by atoms with Crippen molar-refractivity contribution in [1.82, 2.24) is 5.32 Å². The zero-order valence-electron chi connectivity index (χ0n) is 15.6. The van der Waals surface area contributed by atoms with Crippen LogP contribution in [0.4, 0.5) is 0 Å². The lowest BCUT2D eigenvalue weighted by Gasteiger charge is -2.44. The summed E-state index contributed by atoms with van der Waals surface area (Å²) in [4.78, 5) is 45.9. The normalized spacial score (nSPS) is 27.0. The number of terminal acetylenes is 1. The Morgan fingerprint density at radius 1 is 1.00 bits per heavy atom. The molecule has 10 heteroatoms. The predicted molar refractivity (Wildman–Crippen MR) is 88.8 cm³/mol. The van der Waals surface area contributed by atoms with Crippen LogP contribution >= 0.6 is 0 Å². The van der Waals surface area contributed by atoms with Gasteiger partial charge in [-0.15, -0.1) is 6.42 Å². The largest absolute Gasteiger partial charge is 0.463 e. The maximum atomic E-state index is 11.6. The standard InChI is InChI=1S/C17H23NO9/c1-6-7-23-17-14(18-9(2)19)16(26-12(5)22)15(25-11(4)21)13(27-17)8-24-10(3)20/h1,13-17H,7-8H2,2-5H3,(H,18,19)/t13-,14+,15-,16-,17+/m1/s1. The summed E-state index contributed by atoms with van der Waals surface area (Å²) in [5, 5.41) is 2.55. The number of amides is 1. The Labute approximate surface area is 156 Å². The van der Waals surface area contributed by atoms with Crippen LogP contribution in [0.5, 0.6) is 0 Å². The smallest absolute Gasteiger partial charge is 0.303 e. The maximum absolute atomic E-state index is 11.6. The monoisotopic (exact) mass is 385 g/mol. The number of hydrogen-bond donors (Lipinski definition) is 1. The molecule has 1 heterocycles. The third kappa shape index (κ3) is 7.24. The molecule has 0 spiro atoms. The van der Waals surface area contributed by atoms with Gasteiger partial charge in [-0.05, 0) is 0 Å². The fourth-order valence-corrected chi connectivity index (χ4v) is 2.56. The second-order valence-electron chi connectivity index (χ2n) is 5.74. The molecule has 0 aromatic carbocycles. The molecule has 0 bridgehead atoms. The molecule has 1 saturated heterocycles. The van der Waals surface area contributed by atoms with Crippen LogP contribution in [0.1, 0.15) is 27.7 Å². The first kappa shape index (κ1) is 22.4. The van der Waals surface area contributed by atoms with Crippen molar-refractivity contribution in [1.29, 1.82) is 0 Å². The van der Waals surface area contributed by atoms with Gasteiger partial charge >= 0.3 is 17.9 Å². The van der Waals surface area contributed by atoms with Gasteiger partial charge in [0.05, 0.1) is 0 Å². The second kappa shape index (κ2) is 10.5. The minimum absolute atomic E-state index is 0.161. The van der Waals surface area contributed by atoms with E-state index in [4.69, 9.17) is 30.1 Å². The molecule has 1 aliphatic rings. The lowest BCUT2D eigenvalue weighted by Crippen LogP contribution is -2.66. The fourth-order valence-electron chi connectivity index (χ4n) is 2.56. The molecule has 1 N–H and O–H groups in total. The van der Waals surface area contributed by atoms with Crippen LogP contribution in [0.2, 0.25) is 0 Å². The number of hydrogen-bond acceptors (Lipinski definition) is 9. The van der Waals surface area contributed by atoms with Gasteiger partial charge in [0.2, 0.25) is 5.91 Å². The summed E-state index contributed by atoms with van der Waals surface area (Å²) in [5.41, 5.74) is 0. The van der Waals surface area contributed by atoms with Crippen molar-refractivity contribution in [2.75, 3.05) is 13.2 Å². The highest BCUT2D eigenvalue weighted by Gasteiger charge is 2.51. The highest BCUT2D eigenvalue weighted by atomic mass is 16.7. The average molecular weight is 385 g/mol. The minimum Gasteiger partial charge on any atom is -0.463 e. The third-order valence-electron chi connectivity index (χ3n) is 3.40. The van der Waals surface area contributed by atoms with E-state index >= 15 is 0 Å². The summed E-state index contributed by atoms with van der Waals surface area (Å²) < 4.78 is 26.6. The van der Waals surface area contributed by atoms with E-state index in [1.54, 1.807) is 0 Å². The van der Waals surface area contributed by atoms with Crippen LogP contribution in [0.25, 0.3) is 0 Å². The van der Waals surface area contributed by atoms with Gasteiger partial charge in [0.25, 0.3) is 0 Å². The Morgan fingerprint density at radius 3 is 2.07 bits per heavy atom. The predicted octanol–water partition coefficient (Wildman–Crippen LogP) is -0.708. The molecule has 1 fully saturated rings. The lowest BCUT2D eigenvalue weighted by atomic mass is 9.96. The number of carbonyl (C=O) groups excluding carboxylic acids is 4. The Balaban J connectivity index is 3.25. The van der Waals surface area contributed by atoms with E-state index in [2.05, 4.69) is 11.2 Å².